The van der Waals surface area contributed by atoms with Crippen molar-refractivity contribution in [2.75, 3.05) is 26.7 Å². The fraction of sp³-hybridized carbons (Fsp3) is 0.600. The molecule has 112 valence electrons. The van der Waals surface area contributed by atoms with Crippen molar-refractivity contribution in [1.82, 2.24) is 10.2 Å². The van der Waals surface area contributed by atoms with Crippen molar-refractivity contribution in [3.05, 3.63) is 33.3 Å². The molecule has 1 fully saturated rings. The van der Waals surface area contributed by atoms with E-state index in [1.807, 2.05) is 19.2 Å². The van der Waals surface area contributed by atoms with E-state index in [-0.39, 0.29) is 12.1 Å². The second-order valence-electron chi connectivity index (χ2n) is 5.41. The molecule has 0 bridgehead atoms. The van der Waals surface area contributed by atoms with E-state index in [9.17, 15) is 0 Å². The molecule has 2 rings (SSSR count). The summed E-state index contributed by atoms with van der Waals surface area (Å²) in [5.74, 6) is 0. The van der Waals surface area contributed by atoms with E-state index in [1.165, 1.54) is 0 Å². The lowest BCUT2D eigenvalue weighted by atomic mass is 9.96. The van der Waals surface area contributed by atoms with Gasteiger partial charge in [-0.3, -0.25) is 4.90 Å². The van der Waals surface area contributed by atoms with Gasteiger partial charge in [-0.2, -0.15) is 0 Å². The van der Waals surface area contributed by atoms with Crippen LogP contribution in [0.25, 0.3) is 0 Å². The van der Waals surface area contributed by atoms with Gasteiger partial charge >= 0.3 is 0 Å². The molecule has 0 amide bonds. The van der Waals surface area contributed by atoms with Crippen molar-refractivity contribution in [3.8, 4) is 0 Å². The minimum Gasteiger partial charge on any atom is -0.374 e. The molecule has 2 unspecified atom stereocenters. The van der Waals surface area contributed by atoms with Crippen LogP contribution >= 0.6 is 27.5 Å². The molecule has 5 heteroatoms. The molecule has 0 aliphatic carbocycles. The summed E-state index contributed by atoms with van der Waals surface area (Å²) >= 11 is 9.93. The summed E-state index contributed by atoms with van der Waals surface area (Å²) in [5.41, 5.74) is 1.14. The molecule has 1 aromatic carbocycles. The minimum atomic E-state index is 0.120. The molecule has 1 N–H and O–H groups in total. The van der Waals surface area contributed by atoms with Crippen LogP contribution in [0.15, 0.2) is 22.7 Å². The first-order valence-corrected chi connectivity index (χ1v) is 8.18. The molecule has 1 saturated heterocycles. The third kappa shape index (κ3) is 3.55. The van der Waals surface area contributed by atoms with Crippen LogP contribution in [0.5, 0.6) is 0 Å². The predicted octanol–water partition coefficient (Wildman–Crippen LogP) is 3.47. The maximum atomic E-state index is 6.47. The first-order valence-electron chi connectivity index (χ1n) is 7.01. The Hall–Kier alpha value is -0.130. The SMILES string of the molecule is CNCC1OCCN(C(C)C)C1c1ccc(Br)cc1Cl. The van der Waals surface area contributed by atoms with Crippen LogP contribution in [0.3, 0.4) is 0 Å². The number of rotatable bonds is 4. The lowest BCUT2D eigenvalue weighted by Gasteiger charge is -2.44. The number of ether oxygens (including phenoxy) is 1. The van der Waals surface area contributed by atoms with Crippen LogP contribution in [0.4, 0.5) is 0 Å². The van der Waals surface area contributed by atoms with Crippen molar-refractivity contribution >= 4 is 27.5 Å². The highest BCUT2D eigenvalue weighted by Crippen LogP contribution is 2.36. The normalized spacial score (nSPS) is 24.3. The smallest absolute Gasteiger partial charge is 0.0897 e. The number of morpholine rings is 1. The van der Waals surface area contributed by atoms with Gasteiger partial charge in [-0.15, -0.1) is 0 Å². The highest BCUT2D eigenvalue weighted by atomic mass is 79.9. The van der Waals surface area contributed by atoms with Crippen LogP contribution in [0, 0.1) is 0 Å². The lowest BCUT2D eigenvalue weighted by molar-refractivity contribution is -0.0815. The number of nitrogens with zero attached hydrogens (tertiary/aromatic N) is 1. The third-order valence-electron chi connectivity index (χ3n) is 3.74. The molecule has 20 heavy (non-hydrogen) atoms. The van der Waals surface area contributed by atoms with Crippen molar-refractivity contribution in [2.24, 2.45) is 0 Å². The van der Waals surface area contributed by atoms with Gasteiger partial charge in [0.1, 0.15) is 0 Å². The molecule has 2 atom stereocenters. The van der Waals surface area contributed by atoms with Gasteiger partial charge in [-0.25, -0.2) is 0 Å². The fourth-order valence-corrected chi connectivity index (χ4v) is 3.61. The van der Waals surface area contributed by atoms with E-state index in [1.54, 1.807) is 0 Å². The number of likely N-dealkylation sites (N-methyl/N-ethyl adjacent to an activating group) is 1. The van der Waals surface area contributed by atoms with Crippen molar-refractivity contribution < 1.29 is 4.74 Å². The number of hydrogen-bond donors (Lipinski definition) is 1. The molecule has 0 aromatic heterocycles. The van der Waals surface area contributed by atoms with Crippen LogP contribution in [-0.2, 0) is 4.74 Å². The van der Waals surface area contributed by atoms with Crippen molar-refractivity contribution in [1.29, 1.82) is 0 Å². The van der Waals surface area contributed by atoms with Crippen LogP contribution < -0.4 is 5.32 Å². The first kappa shape index (κ1) is 16.2. The standard InChI is InChI=1S/C15H22BrClN2O/c1-10(2)19-6-7-20-14(9-18-3)15(19)12-5-4-11(16)8-13(12)17/h4-5,8,10,14-15,18H,6-7,9H2,1-3H3. The van der Waals surface area contributed by atoms with Gasteiger partial charge < -0.3 is 10.1 Å². The highest BCUT2D eigenvalue weighted by Gasteiger charge is 2.35. The zero-order valence-electron chi connectivity index (χ0n) is 12.2. The van der Waals surface area contributed by atoms with Crippen LogP contribution in [0.2, 0.25) is 5.02 Å². The average Bonchev–Trinajstić information content (AvgIpc) is 2.39. The molecule has 0 spiro atoms. The Bertz CT molecular complexity index is 453. The fourth-order valence-electron chi connectivity index (χ4n) is 2.82. The summed E-state index contributed by atoms with van der Waals surface area (Å²) < 4.78 is 6.98. The summed E-state index contributed by atoms with van der Waals surface area (Å²) in [6, 6.07) is 6.76. The zero-order chi connectivity index (χ0) is 14.7. The number of hydrogen-bond acceptors (Lipinski definition) is 3. The molecular weight excluding hydrogens is 340 g/mol. The van der Waals surface area contributed by atoms with Gasteiger partial charge in [-0.05, 0) is 38.6 Å². The van der Waals surface area contributed by atoms with Gasteiger partial charge in [0.15, 0.2) is 0 Å². The van der Waals surface area contributed by atoms with Crippen molar-refractivity contribution in [3.63, 3.8) is 0 Å². The summed E-state index contributed by atoms with van der Waals surface area (Å²) in [6.07, 6.45) is 0.120. The zero-order valence-corrected chi connectivity index (χ0v) is 14.5. The summed E-state index contributed by atoms with van der Waals surface area (Å²) in [4.78, 5) is 2.47. The third-order valence-corrected chi connectivity index (χ3v) is 4.56. The Balaban J connectivity index is 2.37. The Kier molecular flexibility index (Phi) is 5.87. The summed E-state index contributed by atoms with van der Waals surface area (Å²) in [5, 5.41) is 4.02. The van der Waals surface area contributed by atoms with E-state index in [4.69, 9.17) is 16.3 Å². The molecule has 3 nitrogen and oxygen atoms in total. The summed E-state index contributed by atoms with van der Waals surface area (Å²) in [6.45, 7) is 6.98. The molecule has 1 heterocycles. The maximum absolute atomic E-state index is 6.47. The van der Waals surface area contributed by atoms with E-state index >= 15 is 0 Å². The maximum Gasteiger partial charge on any atom is 0.0897 e. The minimum absolute atomic E-state index is 0.120. The second-order valence-corrected chi connectivity index (χ2v) is 6.73. The highest BCUT2D eigenvalue weighted by molar-refractivity contribution is 9.10. The molecule has 0 saturated carbocycles. The second kappa shape index (κ2) is 7.23. The van der Waals surface area contributed by atoms with Crippen LogP contribution in [0.1, 0.15) is 25.5 Å². The van der Waals surface area contributed by atoms with Gasteiger partial charge in [0.25, 0.3) is 0 Å². The summed E-state index contributed by atoms with van der Waals surface area (Å²) in [7, 11) is 1.96. The van der Waals surface area contributed by atoms with Gasteiger partial charge in [0.2, 0.25) is 0 Å². The molecule has 0 radical (unpaired) electrons. The van der Waals surface area contributed by atoms with Gasteiger partial charge in [0, 0.05) is 28.6 Å². The van der Waals surface area contributed by atoms with E-state index < -0.39 is 0 Å². The Morgan fingerprint density at radius 3 is 2.85 bits per heavy atom. The van der Waals surface area contributed by atoms with Gasteiger partial charge in [0.05, 0.1) is 18.8 Å². The molecular formula is C15H22BrClN2O. The molecule has 1 aliphatic heterocycles. The van der Waals surface area contributed by atoms with E-state index in [2.05, 4.69) is 46.1 Å². The number of benzene rings is 1. The Morgan fingerprint density at radius 2 is 2.25 bits per heavy atom. The van der Waals surface area contributed by atoms with Crippen molar-refractivity contribution in [2.45, 2.75) is 32.0 Å². The first-order chi connectivity index (χ1) is 9.54. The van der Waals surface area contributed by atoms with Gasteiger partial charge in [-0.1, -0.05) is 33.6 Å². The molecule has 1 aliphatic rings. The monoisotopic (exact) mass is 360 g/mol. The van der Waals surface area contributed by atoms with Crippen LogP contribution in [-0.4, -0.2) is 43.8 Å². The number of nitrogens with one attached hydrogen (secondary N) is 1. The Labute approximate surface area is 134 Å². The number of halogens is 2. The largest absolute Gasteiger partial charge is 0.374 e. The molecule has 1 aromatic rings. The van der Waals surface area contributed by atoms with E-state index in [0.717, 1.165) is 34.8 Å². The average molecular weight is 362 g/mol. The van der Waals surface area contributed by atoms with E-state index in [0.29, 0.717) is 6.04 Å². The quantitative estimate of drug-likeness (QED) is 0.888. The topological polar surface area (TPSA) is 24.5 Å². The lowest BCUT2D eigenvalue weighted by Crippen LogP contribution is -2.51. The predicted molar refractivity (Wildman–Crippen MR) is 87.4 cm³/mol. The Morgan fingerprint density at radius 1 is 1.50 bits per heavy atom.